The maximum Gasteiger partial charge on any atom is 1.00 e. The minimum Gasteiger partial charge on any atom is -0.181 e. The third-order valence-electron chi connectivity index (χ3n) is 3.91. The van der Waals surface area contributed by atoms with Gasteiger partial charge in [0.2, 0.25) is 0 Å². The van der Waals surface area contributed by atoms with E-state index in [2.05, 4.69) is 97.1 Å². The van der Waals surface area contributed by atoms with E-state index in [9.17, 15) is 0 Å². The second kappa shape index (κ2) is 11.7. The summed E-state index contributed by atoms with van der Waals surface area (Å²) in [5.74, 6) is 0. The maximum absolute atomic E-state index is 3.03. The summed E-state index contributed by atoms with van der Waals surface area (Å²) < 4.78 is 0. The molecule has 0 amide bonds. The quantitative estimate of drug-likeness (QED) is 0.186. The summed E-state index contributed by atoms with van der Waals surface area (Å²) in [5, 5.41) is 4.19. The SMILES string of the molecule is Cc1[c-]cccc1.[Au+].c1ccc(P(c2ccccc2)c2ccccc2)cc1. The molecule has 0 aliphatic carbocycles. The van der Waals surface area contributed by atoms with Gasteiger partial charge in [0.05, 0.1) is 0 Å². The van der Waals surface area contributed by atoms with Crippen LogP contribution in [-0.4, -0.2) is 0 Å². The van der Waals surface area contributed by atoms with Crippen LogP contribution in [0.15, 0.2) is 115 Å². The van der Waals surface area contributed by atoms with Crippen LogP contribution in [0.3, 0.4) is 0 Å². The minimum absolute atomic E-state index is 0. The topological polar surface area (TPSA) is 0 Å². The average Bonchev–Trinajstić information content (AvgIpc) is 2.72. The molecular weight excluding hydrogens is 528 g/mol. The standard InChI is InChI=1S/C18H15P.C7H7.Au/c1-4-10-16(11-5-1)19(17-12-6-2-7-13-17)18-14-8-3-9-15-18;1-7-5-3-2-4-6-7;/h1-15H;2-5H,1H3;/q;-1;+1. The van der Waals surface area contributed by atoms with Gasteiger partial charge in [0.25, 0.3) is 0 Å². The molecule has 0 aliphatic heterocycles. The van der Waals surface area contributed by atoms with E-state index in [1.807, 2.05) is 31.2 Å². The van der Waals surface area contributed by atoms with Gasteiger partial charge >= 0.3 is 22.4 Å². The molecule has 0 bridgehead atoms. The first-order chi connectivity index (χ1) is 12.8. The van der Waals surface area contributed by atoms with E-state index >= 15 is 0 Å². The molecular formula is C25H22AuP. The second-order valence-corrected chi connectivity index (χ2v) is 8.11. The van der Waals surface area contributed by atoms with Gasteiger partial charge in [-0.25, -0.2) is 0 Å². The van der Waals surface area contributed by atoms with Gasteiger partial charge in [-0.2, -0.15) is 35.9 Å². The van der Waals surface area contributed by atoms with E-state index < -0.39 is 7.92 Å². The molecule has 0 fully saturated rings. The fourth-order valence-electron chi connectivity index (χ4n) is 2.66. The van der Waals surface area contributed by atoms with Crippen molar-refractivity contribution >= 4 is 23.8 Å². The van der Waals surface area contributed by atoms with Crippen molar-refractivity contribution < 1.29 is 22.4 Å². The van der Waals surface area contributed by atoms with Crippen molar-refractivity contribution in [3.63, 3.8) is 0 Å². The van der Waals surface area contributed by atoms with Crippen molar-refractivity contribution in [2.75, 3.05) is 0 Å². The molecule has 0 spiro atoms. The van der Waals surface area contributed by atoms with Crippen LogP contribution in [0.5, 0.6) is 0 Å². The average molecular weight is 550 g/mol. The van der Waals surface area contributed by atoms with Crippen LogP contribution in [0.4, 0.5) is 0 Å². The Morgan fingerprint density at radius 1 is 0.519 bits per heavy atom. The summed E-state index contributed by atoms with van der Waals surface area (Å²) in [6, 6.07) is 43.3. The zero-order chi connectivity index (χ0) is 18.0. The molecule has 0 atom stereocenters. The van der Waals surface area contributed by atoms with Gasteiger partial charge in [-0.15, -0.1) is 0 Å². The molecule has 2 heteroatoms. The third kappa shape index (κ3) is 6.61. The maximum atomic E-state index is 3.03. The van der Waals surface area contributed by atoms with Gasteiger partial charge < -0.3 is 0 Å². The third-order valence-corrected chi connectivity index (χ3v) is 6.35. The van der Waals surface area contributed by atoms with Crippen molar-refractivity contribution in [3.05, 3.63) is 127 Å². The second-order valence-electron chi connectivity index (χ2n) is 5.89. The first kappa shape index (κ1) is 21.4. The first-order valence-electron chi connectivity index (χ1n) is 8.73. The fourth-order valence-corrected chi connectivity index (χ4v) is 4.97. The van der Waals surface area contributed by atoms with Gasteiger partial charge in [0.1, 0.15) is 0 Å². The number of hydrogen-bond donors (Lipinski definition) is 0. The summed E-state index contributed by atoms with van der Waals surface area (Å²) in [5.41, 5.74) is 1.20. The molecule has 138 valence electrons. The first-order valence-corrected chi connectivity index (χ1v) is 10.1. The molecule has 4 aromatic rings. The molecule has 0 heterocycles. The molecule has 0 N–H and O–H groups in total. The summed E-state index contributed by atoms with van der Waals surface area (Å²) >= 11 is 0. The van der Waals surface area contributed by atoms with E-state index in [1.54, 1.807) is 0 Å². The largest absolute Gasteiger partial charge is 1.00 e. The smallest absolute Gasteiger partial charge is 0.181 e. The number of benzene rings is 4. The Hall–Kier alpha value is -1.95. The molecule has 0 aromatic heterocycles. The van der Waals surface area contributed by atoms with E-state index in [1.165, 1.54) is 21.5 Å². The normalized spacial score (nSPS) is 9.70. The van der Waals surface area contributed by atoms with Crippen LogP contribution < -0.4 is 15.9 Å². The van der Waals surface area contributed by atoms with Crippen molar-refractivity contribution in [2.45, 2.75) is 6.92 Å². The number of hydrogen-bond acceptors (Lipinski definition) is 0. The molecule has 0 radical (unpaired) electrons. The van der Waals surface area contributed by atoms with Gasteiger partial charge in [-0.1, -0.05) is 97.9 Å². The summed E-state index contributed by atoms with van der Waals surface area (Å²) in [6.45, 7) is 2.03. The van der Waals surface area contributed by atoms with Crippen molar-refractivity contribution in [3.8, 4) is 0 Å². The molecule has 0 saturated heterocycles. The Balaban J connectivity index is 0.000000278. The minimum atomic E-state index is -0.446. The molecule has 4 aromatic carbocycles. The molecule has 0 saturated carbocycles. The molecule has 0 aliphatic rings. The molecule has 4 rings (SSSR count). The number of rotatable bonds is 3. The Kier molecular flexibility index (Phi) is 9.25. The van der Waals surface area contributed by atoms with Crippen LogP contribution >= 0.6 is 7.92 Å². The van der Waals surface area contributed by atoms with E-state index in [0.717, 1.165) is 0 Å². The van der Waals surface area contributed by atoms with E-state index in [4.69, 9.17) is 0 Å². The molecule has 0 unspecified atom stereocenters. The predicted molar refractivity (Wildman–Crippen MR) is 115 cm³/mol. The van der Waals surface area contributed by atoms with Crippen molar-refractivity contribution in [2.24, 2.45) is 0 Å². The summed E-state index contributed by atoms with van der Waals surface area (Å²) in [7, 11) is -0.446. The van der Waals surface area contributed by atoms with Gasteiger partial charge in [0, 0.05) is 0 Å². The van der Waals surface area contributed by atoms with Gasteiger partial charge in [-0.3, -0.25) is 0 Å². The fraction of sp³-hybridized carbons (Fsp3) is 0.0400. The molecule has 27 heavy (non-hydrogen) atoms. The van der Waals surface area contributed by atoms with Crippen molar-refractivity contribution in [1.82, 2.24) is 0 Å². The summed E-state index contributed by atoms with van der Waals surface area (Å²) in [4.78, 5) is 0. The predicted octanol–water partition coefficient (Wildman–Crippen LogP) is 5.24. The Morgan fingerprint density at radius 3 is 1.15 bits per heavy atom. The zero-order valence-electron chi connectivity index (χ0n) is 15.2. The van der Waals surface area contributed by atoms with Crippen LogP contribution in [0.25, 0.3) is 0 Å². The monoisotopic (exact) mass is 550 g/mol. The number of aryl methyl sites for hydroxylation is 1. The van der Waals surface area contributed by atoms with Crippen LogP contribution in [0.2, 0.25) is 0 Å². The van der Waals surface area contributed by atoms with E-state index in [-0.39, 0.29) is 22.4 Å². The van der Waals surface area contributed by atoms with Gasteiger partial charge in [0.15, 0.2) is 0 Å². The van der Waals surface area contributed by atoms with Gasteiger partial charge in [-0.05, 0) is 23.8 Å². The van der Waals surface area contributed by atoms with E-state index in [0.29, 0.717) is 0 Å². The zero-order valence-corrected chi connectivity index (χ0v) is 18.3. The van der Waals surface area contributed by atoms with Crippen LogP contribution in [0.1, 0.15) is 5.56 Å². The Labute approximate surface area is 179 Å². The summed E-state index contributed by atoms with van der Waals surface area (Å²) in [6.07, 6.45) is 0. The van der Waals surface area contributed by atoms with Crippen LogP contribution in [0, 0.1) is 13.0 Å². The molecule has 0 nitrogen and oxygen atoms in total. The van der Waals surface area contributed by atoms with Crippen LogP contribution in [-0.2, 0) is 22.4 Å². The Bertz CT molecular complexity index is 784. The van der Waals surface area contributed by atoms with Crippen molar-refractivity contribution in [1.29, 1.82) is 0 Å². The Morgan fingerprint density at radius 2 is 0.889 bits per heavy atom.